The van der Waals surface area contributed by atoms with Gasteiger partial charge in [0.2, 0.25) is 0 Å². The lowest BCUT2D eigenvalue weighted by Crippen LogP contribution is -2.31. The number of benzene rings is 1. The third-order valence-corrected chi connectivity index (χ3v) is 5.23. The number of aliphatic hydroxyl groups is 1. The highest BCUT2D eigenvalue weighted by Crippen LogP contribution is 2.32. The Labute approximate surface area is 167 Å². The van der Waals surface area contributed by atoms with Gasteiger partial charge in [-0.25, -0.2) is 4.98 Å². The van der Waals surface area contributed by atoms with Gasteiger partial charge in [-0.1, -0.05) is 24.7 Å². The van der Waals surface area contributed by atoms with Crippen LogP contribution in [0.3, 0.4) is 0 Å². The number of hydrogen-bond donors (Lipinski definition) is 3. The zero-order valence-corrected chi connectivity index (χ0v) is 16.9. The summed E-state index contributed by atoms with van der Waals surface area (Å²) in [6.45, 7) is 3.88. The number of thiazole rings is 1. The largest absolute Gasteiger partial charge is 0.457 e. The summed E-state index contributed by atoms with van der Waals surface area (Å²) < 4.78 is 6.86. The second-order valence-corrected chi connectivity index (χ2v) is 7.52. The van der Waals surface area contributed by atoms with Crippen LogP contribution in [0.2, 0.25) is 0 Å². The average molecular weight is 401 g/mol. The first-order chi connectivity index (χ1) is 13.5. The molecule has 0 unspecified atom stereocenters. The molecular formula is C20H24N4O3S. The van der Waals surface area contributed by atoms with Crippen LogP contribution in [0.5, 0.6) is 11.5 Å². The third-order valence-electron chi connectivity index (χ3n) is 4.28. The maximum absolute atomic E-state index is 11.7. The number of anilines is 1. The van der Waals surface area contributed by atoms with E-state index in [9.17, 15) is 9.90 Å². The number of hydrogen-bond acceptors (Lipinski definition) is 7. The van der Waals surface area contributed by atoms with Crippen molar-refractivity contribution in [1.29, 1.82) is 0 Å². The van der Waals surface area contributed by atoms with Gasteiger partial charge in [-0.2, -0.15) is 0 Å². The minimum absolute atomic E-state index is 0.0266. The zero-order chi connectivity index (χ0) is 20.1. The molecule has 3 aromatic rings. The molecule has 1 amide bonds. The molecule has 0 aliphatic carbocycles. The number of fused-ring (bicyclic) bond motifs is 1. The van der Waals surface area contributed by atoms with Crippen LogP contribution in [-0.2, 0) is 0 Å². The van der Waals surface area contributed by atoms with E-state index in [0.29, 0.717) is 17.2 Å². The van der Waals surface area contributed by atoms with Crippen LogP contribution in [0, 0.1) is 0 Å². The molecule has 0 radical (unpaired) electrons. The van der Waals surface area contributed by atoms with Gasteiger partial charge in [-0.3, -0.25) is 9.78 Å². The van der Waals surface area contributed by atoms with Gasteiger partial charge < -0.3 is 20.5 Å². The van der Waals surface area contributed by atoms with E-state index in [1.807, 2.05) is 18.2 Å². The maximum atomic E-state index is 11.7. The normalized spacial score (nSPS) is 13.1. The summed E-state index contributed by atoms with van der Waals surface area (Å²) in [5, 5.41) is 16.6. The van der Waals surface area contributed by atoms with Gasteiger partial charge in [0.25, 0.3) is 5.91 Å². The molecule has 0 saturated heterocycles. The number of rotatable bonds is 8. The highest BCUT2D eigenvalue weighted by Gasteiger charge is 2.16. The van der Waals surface area contributed by atoms with Crippen molar-refractivity contribution < 1.29 is 14.6 Å². The van der Waals surface area contributed by atoms with Crippen molar-refractivity contribution in [3.05, 3.63) is 42.2 Å². The van der Waals surface area contributed by atoms with E-state index in [4.69, 9.17) is 4.74 Å². The average Bonchev–Trinajstić information content (AvgIpc) is 3.08. The van der Waals surface area contributed by atoms with Gasteiger partial charge in [0.05, 0.1) is 22.4 Å². The molecule has 8 heteroatoms. The van der Waals surface area contributed by atoms with E-state index in [1.54, 1.807) is 26.1 Å². The molecule has 2 heterocycles. The first kappa shape index (κ1) is 20.0. The van der Waals surface area contributed by atoms with Crippen LogP contribution in [-0.4, -0.2) is 40.2 Å². The van der Waals surface area contributed by atoms with Gasteiger partial charge in [0.15, 0.2) is 5.13 Å². The molecular weight excluding hydrogens is 376 g/mol. The van der Waals surface area contributed by atoms with Gasteiger partial charge in [0.1, 0.15) is 17.2 Å². The van der Waals surface area contributed by atoms with E-state index in [0.717, 1.165) is 28.2 Å². The summed E-state index contributed by atoms with van der Waals surface area (Å²) in [5.41, 5.74) is 1.16. The first-order valence-electron chi connectivity index (χ1n) is 9.21. The molecule has 2 atom stereocenters. The predicted molar refractivity (Wildman–Crippen MR) is 111 cm³/mol. The zero-order valence-electron chi connectivity index (χ0n) is 16.1. The molecule has 0 saturated carbocycles. The maximum Gasteiger partial charge on any atom is 0.269 e. The predicted octanol–water partition coefficient (Wildman–Crippen LogP) is 3.80. The number of carbonyl (C=O) groups excluding carboxylic acids is 1. The highest BCUT2D eigenvalue weighted by molar-refractivity contribution is 7.22. The number of aromatic nitrogens is 2. The Kier molecular flexibility index (Phi) is 6.43. The summed E-state index contributed by atoms with van der Waals surface area (Å²) in [6, 6.07) is 8.92. The molecule has 28 heavy (non-hydrogen) atoms. The SMILES string of the molecule is CCC[C@@H](Nc1nc2ccc(Oc3ccnc(C(=O)NC)c3)cc2s1)[C@@H](C)O. The minimum atomic E-state index is -0.452. The second-order valence-electron chi connectivity index (χ2n) is 6.49. The summed E-state index contributed by atoms with van der Waals surface area (Å²) in [7, 11) is 1.56. The number of amides is 1. The Bertz CT molecular complexity index is 958. The fraction of sp³-hybridized carbons (Fsp3) is 0.350. The lowest BCUT2D eigenvalue weighted by molar-refractivity contribution is 0.0958. The Balaban J connectivity index is 1.78. The Morgan fingerprint density at radius 2 is 2.07 bits per heavy atom. The van der Waals surface area contributed by atoms with E-state index < -0.39 is 6.10 Å². The second kappa shape index (κ2) is 8.99. The molecule has 0 aliphatic heterocycles. The van der Waals surface area contributed by atoms with Crippen molar-refractivity contribution in [2.45, 2.75) is 38.8 Å². The summed E-state index contributed by atoms with van der Waals surface area (Å²) in [6.07, 6.45) is 2.94. The van der Waals surface area contributed by atoms with Crippen molar-refractivity contribution in [1.82, 2.24) is 15.3 Å². The standard InChI is InChI=1S/C20H24N4O3S/c1-4-5-15(12(2)25)23-20-24-16-7-6-13(11-18(16)28-20)27-14-8-9-22-17(10-14)19(26)21-3/h6-12,15,25H,4-5H2,1-3H3,(H,21,26)(H,23,24)/t12-,15-/m1/s1. The van der Waals surface area contributed by atoms with Crippen molar-refractivity contribution in [3.8, 4) is 11.5 Å². The van der Waals surface area contributed by atoms with Crippen molar-refractivity contribution in [2.24, 2.45) is 0 Å². The molecule has 0 spiro atoms. The van der Waals surface area contributed by atoms with Crippen molar-refractivity contribution in [3.63, 3.8) is 0 Å². The molecule has 2 aromatic heterocycles. The minimum Gasteiger partial charge on any atom is -0.457 e. The molecule has 7 nitrogen and oxygen atoms in total. The lowest BCUT2D eigenvalue weighted by atomic mass is 10.1. The van der Waals surface area contributed by atoms with E-state index in [2.05, 4.69) is 27.5 Å². The fourth-order valence-corrected chi connectivity index (χ4v) is 3.75. The number of nitrogens with zero attached hydrogens (tertiary/aromatic N) is 2. The Morgan fingerprint density at radius 1 is 1.29 bits per heavy atom. The molecule has 3 N–H and O–H groups in total. The number of nitrogens with one attached hydrogen (secondary N) is 2. The van der Waals surface area contributed by atoms with Gasteiger partial charge >= 0.3 is 0 Å². The molecule has 1 aromatic carbocycles. The van der Waals surface area contributed by atoms with Crippen molar-refractivity contribution >= 4 is 32.6 Å². The van der Waals surface area contributed by atoms with Crippen LogP contribution < -0.4 is 15.4 Å². The van der Waals surface area contributed by atoms with Gasteiger partial charge in [0, 0.05) is 25.4 Å². The topological polar surface area (TPSA) is 96.4 Å². The van der Waals surface area contributed by atoms with E-state index in [-0.39, 0.29) is 11.9 Å². The highest BCUT2D eigenvalue weighted by atomic mass is 32.1. The summed E-state index contributed by atoms with van der Waals surface area (Å²) in [4.78, 5) is 20.3. The monoisotopic (exact) mass is 400 g/mol. The van der Waals surface area contributed by atoms with Crippen molar-refractivity contribution in [2.75, 3.05) is 12.4 Å². The molecule has 0 aliphatic rings. The van der Waals surface area contributed by atoms with E-state index in [1.165, 1.54) is 17.5 Å². The Morgan fingerprint density at radius 3 is 2.79 bits per heavy atom. The number of aliphatic hydroxyl groups excluding tert-OH is 1. The third kappa shape index (κ3) is 4.76. The summed E-state index contributed by atoms with van der Waals surface area (Å²) in [5.74, 6) is 0.921. The number of ether oxygens (including phenoxy) is 1. The van der Waals surface area contributed by atoms with Gasteiger partial charge in [-0.05, 0) is 31.5 Å². The molecule has 0 fully saturated rings. The van der Waals surface area contributed by atoms with E-state index >= 15 is 0 Å². The molecule has 148 valence electrons. The van der Waals surface area contributed by atoms with Crippen LogP contribution >= 0.6 is 11.3 Å². The first-order valence-corrected chi connectivity index (χ1v) is 10.0. The smallest absolute Gasteiger partial charge is 0.269 e. The summed E-state index contributed by atoms with van der Waals surface area (Å²) >= 11 is 1.52. The van der Waals surface area contributed by atoms with Crippen LogP contribution in [0.4, 0.5) is 5.13 Å². The Hall–Kier alpha value is -2.71. The number of carbonyl (C=O) groups is 1. The number of pyridine rings is 1. The lowest BCUT2D eigenvalue weighted by Gasteiger charge is -2.20. The van der Waals surface area contributed by atoms with Gasteiger partial charge in [-0.15, -0.1) is 0 Å². The molecule has 0 bridgehead atoms. The molecule has 3 rings (SSSR count). The van der Waals surface area contributed by atoms with Crippen LogP contribution in [0.25, 0.3) is 10.2 Å². The quantitative estimate of drug-likeness (QED) is 0.532. The van der Waals surface area contributed by atoms with Crippen LogP contribution in [0.1, 0.15) is 37.2 Å². The fourth-order valence-electron chi connectivity index (χ4n) is 2.80. The van der Waals surface area contributed by atoms with Crippen LogP contribution in [0.15, 0.2) is 36.5 Å².